The Kier molecular flexibility index (Phi) is 10.9. The van der Waals surface area contributed by atoms with Crippen LogP contribution >= 0.6 is 0 Å². The Bertz CT molecular complexity index is 873. The predicted molar refractivity (Wildman–Crippen MR) is 171 cm³/mol. The lowest BCUT2D eigenvalue weighted by Gasteiger charge is -2.44. The Morgan fingerprint density at radius 1 is 0.900 bits per heavy atom. The van der Waals surface area contributed by atoms with Gasteiger partial charge in [-0.25, -0.2) is 0 Å². The highest BCUT2D eigenvalue weighted by Gasteiger charge is 2.50. The van der Waals surface area contributed by atoms with Crippen LogP contribution in [-0.2, 0) is 17.7 Å². The number of hydrogen-bond donors (Lipinski definition) is 1. The molecule has 3 saturated carbocycles. The molecule has 0 heterocycles. The third kappa shape index (κ3) is 9.61. The molecule has 0 aromatic rings. The Balaban J connectivity index is 1.83. The highest BCUT2D eigenvalue weighted by molar-refractivity contribution is 6.65. The summed E-state index contributed by atoms with van der Waals surface area (Å²) < 4.78 is 26.4. The molecule has 6 atom stereocenters. The van der Waals surface area contributed by atoms with E-state index in [1.807, 2.05) is 0 Å². The summed E-state index contributed by atoms with van der Waals surface area (Å²) in [5.74, 6) is 1.64. The molecule has 3 aliphatic carbocycles. The summed E-state index contributed by atoms with van der Waals surface area (Å²) in [5.41, 5.74) is 2.90. The minimum Gasteiger partial charge on any atom is -0.396 e. The summed E-state index contributed by atoms with van der Waals surface area (Å²) in [6, 6.07) is 0. The Labute approximate surface area is 249 Å². The molecule has 0 aromatic heterocycles. The van der Waals surface area contributed by atoms with Crippen molar-refractivity contribution in [2.75, 3.05) is 6.61 Å². The molecule has 0 bridgehead atoms. The first kappa shape index (κ1) is 34.2. The molecule has 0 spiro atoms. The zero-order valence-corrected chi connectivity index (χ0v) is 30.0. The van der Waals surface area contributed by atoms with Gasteiger partial charge in [-0.15, -0.1) is 0 Å². The van der Waals surface area contributed by atoms with Crippen molar-refractivity contribution in [3.63, 3.8) is 0 Å². The van der Waals surface area contributed by atoms with Crippen molar-refractivity contribution in [3.05, 3.63) is 23.3 Å². The SMILES string of the molecule is C[C@@H](CO)[C@H]1CC[C@H]2/C(=C/C=C3C[C@@H](O[Si](C)(C)OC(C)(C)C)C[C@H](O[Si](C)(C)OC(C)(C)C)C3)CCC[C@]12C. The van der Waals surface area contributed by atoms with Gasteiger partial charge in [-0.3, -0.25) is 0 Å². The molecule has 0 aliphatic heterocycles. The number of rotatable bonds is 9. The second-order valence-corrected chi connectivity index (χ2v) is 22.7. The molecule has 0 saturated heterocycles. The first-order chi connectivity index (χ1) is 18.2. The molecule has 0 unspecified atom stereocenters. The summed E-state index contributed by atoms with van der Waals surface area (Å²) in [6.07, 6.45) is 14.0. The second-order valence-electron chi connectivity index (χ2n) is 16.2. The third-order valence-corrected chi connectivity index (χ3v) is 13.1. The molecule has 0 aromatic carbocycles. The van der Waals surface area contributed by atoms with Crippen LogP contribution in [0.4, 0.5) is 0 Å². The monoisotopic (exact) mass is 594 g/mol. The quantitative estimate of drug-likeness (QED) is 0.271. The van der Waals surface area contributed by atoms with Crippen LogP contribution in [0, 0.1) is 23.2 Å². The van der Waals surface area contributed by atoms with Crippen LogP contribution in [0.2, 0.25) is 26.2 Å². The van der Waals surface area contributed by atoms with Gasteiger partial charge in [-0.05, 0) is 142 Å². The zero-order chi connectivity index (χ0) is 30.1. The molecule has 0 amide bonds. The first-order valence-electron chi connectivity index (χ1n) is 16.0. The molecule has 40 heavy (non-hydrogen) atoms. The Morgan fingerprint density at radius 2 is 1.43 bits per heavy atom. The van der Waals surface area contributed by atoms with Gasteiger partial charge in [0.25, 0.3) is 0 Å². The molecular formula is C33H62O5Si2. The first-order valence-corrected chi connectivity index (χ1v) is 21.6. The fraction of sp³-hybridized carbons (Fsp3) is 0.879. The van der Waals surface area contributed by atoms with Crippen molar-refractivity contribution < 1.29 is 22.8 Å². The van der Waals surface area contributed by atoms with Gasteiger partial charge >= 0.3 is 17.1 Å². The van der Waals surface area contributed by atoms with Gasteiger partial charge in [0.2, 0.25) is 0 Å². The molecule has 3 fully saturated rings. The Morgan fingerprint density at radius 3 is 1.90 bits per heavy atom. The van der Waals surface area contributed by atoms with E-state index in [1.54, 1.807) is 5.57 Å². The predicted octanol–water partition coefficient (Wildman–Crippen LogP) is 8.67. The summed E-state index contributed by atoms with van der Waals surface area (Å²) >= 11 is 0. The summed E-state index contributed by atoms with van der Waals surface area (Å²) in [6.45, 7) is 26.4. The van der Waals surface area contributed by atoms with E-state index in [4.69, 9.17) is 17.7 Å². The maximum atomic E-state index is 9.91. The normalized spacial score (nSPS) is 32.3. The second kappa shape index (κ2) is 12.8. The molecule has 3 rings (SSSR count). The minimum absolute atomic E-state index is 0.0877. The van der Waals surface area contributed by atoms with Gasteiger partial charge in [-0.2, -0.15) is 0 Å². The van der Waals surface area contributed by atoms with Gasteiger partial charge in [0.05, 0.1) is 23.4 Å². The number of fused-ring (bicyclic) bond motifs is 1. The van der Waals surface area contributed by atoms with Gasteiger partial charge < -0.3 is 22.8 Å². The van der Waals surface area contributed by atoms with E-state index in [-0.39, 0.29) is 23.4 Å². The van der Waals surface area contributed by atoms with Gasteiger partial charge in [0.15, 0.2) is 0 Å². The molecule has 232 valence electrons. The topological polar surface area (TPSA) is 57.2 Å². The molecule has 0 radical (unpaired) electrons. The lowest BCUT2D eigenvalue weighted by atomic mass is 9.61. The minimum atomic E-state index is -2.33. The van der Waals surface area contributed by atoms with E-state index in [9.17, 15) is 5.11 Å². The molecule has 5 nitrogen and oxygen atoms in total. The zero-order valence-electron chi connectivity index (χ0n) is 28.0. The van der Waals surface area contributed by atoms with Crippen molar-refractivity contribution in [1.29, 1.82) is 0 Å². The number of allylic oxidation sites excluding steroid dienone is 3. The van der Waals surface area contributed by atoms with E-state index in [0.717, 1.165) is 19.3 Å². The summed E-state index contributed by atoms with van der Waals surface area (Å²) in [5, 5.41) is 9.91. The van der Waals surface area contributed by atoms with Gasteiger partial charge in [-0.1, -0.05) is 37.1 Å². The van der Waals surface area contributed by atoms with Crippen LogP contribution in [0.3, 0.4) is 0 Å². The molecule has 3 aliphatic rings. The van der Waals surface area contributed by atoms with Crippen LogP contribution in [0.1, 0.15) is 107 Å². The molecule has 1 N–H and O–H groups in total. The van der Waals surface area contributed by atoms with E-state index in [2.05, 4.69) is 93.7 Å². The molecule has 7 heteroatoms. The van der Waals surface area contributed by atoms with Crippen LogP contribution in [0.25, 0.3) is 0 Å². The number of aliphatic hydroxyl groups excluding tert-OH is 1. The standard InChI is InChI=1S/C33H62O5Si2/c1-24(23-34)29-17-18-30-26(14-13-19-33(29,30)8)16-15-25-20-27(35-39(9,10)37-31(2,3)4)22-28(21-25)36-40(11,12)38-32(5,6)7/h15-16,24,27-30,34H,13-14,17-23H2,1-12H3/b26-16+/t24-,27+,28+,29+,30-,33+/m0/s1. The maximum Gasteiger partial charge on any atom is 0.332 e. The average Bonchev–Trinajstić information content (AvgIpc) is 3.10. The number of aliphatic hydroxyl groups is 1. The van der Waals surface area contributed by atoms with Gasteiger partial charge in [0, 0.05) is 6.61 Å². The fourth-order valence-corrected chi connectivity index (χ4v) is 13.3. The largest absolute Gasteiger partial charge is 0.396 e. The fourth-order valence-electron chi connectivity index (χ4n) is 8.34. The average molecular weight is 595 g/mol. The summed E-state index contributed by atoms with van der Waals surface area (Å²) in [7, 11) is -4.65. The van der Waals surface area contributed by atoms with Crippen LogP contribution in [0.5, 0.6) is 0 Å². The molecular weight excluding hydrogens is 533 g/mol. The van der Waals surface area contributed by atoms with Crippen LogP contribution in [0.15, 0.2) is 23.3 Å². The number of hydrogen-bond acceptors (Lipinski definition) is 5. The Hall–Kier alpha value is -0.286. The van der Waals surface area contributed by atoms with E-state index < -0.39 is 17.1 Å². The van der Waals surface area contributed by atoms with Crippen molar-refractivity contribution >= 4 is 17.1 Å². The smallest absolute Gasteiger partial charge is 0.332 e. The van der Waals surface area contributed by atoms with E-state index in [0.29, 0.717) is 29.8 Å². The van der Waals surface area contributed by atoms with Crippen molar-refractivity contribution in [3.8, 4) is 0 Å². The third-order valence-electron chi connectivity index (χ3n) is 9.06. The van der Waals surface area contributed by atoms with Crippen molar-refractivity contribution in [1.82, 2.24) is 0 Å². The lowest BCUT2D eigenvalue weighted by Crippen LogP contribution is -2.49. The van der Waals surface area contributed by atoms with Crippen molar-refractivity contribution in [2.45, 2.75) is 156 Å². The van der Waals surface area contributed by atoms with Crippen LogP contribution < -0.4 is 0 Å². The van der Waals surface area contributed by atoms with Crippen molar-refractivity contribution in [2.24, 2.45) is 23.2 Å². The van der Waals surface area contributed by atoms with E-state index >= 15 is 0 Å². The van der Waals surface area contributed by atoms with E-state index in [1.165, 1.54) is 37.7 Å². The summed E-state index contributed by atoms with van der Waals surface area (Å²) in [4.78, 5) is 0. The highest BCUT2D eigenvalue weighted by Crippen LogP contribution is 2.59. The lowest BCUT2D eigenvalue weighted by molar-refractivity contribution is 0.00405. The van der Waals surface area contributed by atoms with Crippen LogP contribution in [-0.4, -0.2) is 52.2 Å². The van der Waals surface area contributed by atoms with Gasteiger partial charge in [0.1, 0.15) is 0 Å². The maximum absolute atomic E-state index is 9.91. The highest BCUT2D eigenvalue weighted by atomic mass is 28.4.